The highest BCUT2D eigenvalue weighted by Gasteiger charge is 2.09. The van der Waals surface area contributed by atoms with E-state index < -0.39 is 0 Å². The second-order valence-corrected chi connectivity index (χ2v) is 2.26. The standard InChI is InChI=1S/C5H9ClN2/c1-4(6)5(3-7)8-2/h4-5,8H,1-2H3. The monoisotopic (exact) mass is 132 g/mol. The molecule has 46 valence electrons. The van der Waals surface area contributed by atoms with E-state index in [4.69, 9.17) is 16.9 Å². The largest absolute Gasteiger partial charge is 0.304 e. The van der Waals surface area contributed by atoms with Gasteiger partial charge in [-0.25, -0.2) is 0 Å². The molecule has 3 heteroatoms. The number of hydrogen-bond donors (Lipinski definition) is 1. The summed E-state index contributed by atoms with van der Waals surface area (Å²) in [5, 5.41) is 10.9. The summed E-state index contributed by atoms with van der Waals surface area (Å²) in [5.41, 5.74) is 0. The van der Waals surface area contributed by atoms with Gasteiger partial charge >= 0.3 is 0 Å². The van der Waals surface area contributed by atoms with Crippen LogP contribution >= 0.6 is 11.6 Å². The van der Waals surface area contributed by atoms with E-state index in [1.54, 1.807) is 14.0 Å². The van der Waals surface area contributed by atoms with Crippen LogP contribution in [0.2, 0.25) is 0 Å². The fourth-order valence-electron chi connectivity index (χ4n) is 0.397. The molecule has 0 saturated carbocycles. The lowest BCUT2D eigenvalue weighted by atomic mass is 10.2. The van der Waals surface area contributed by atoms with Gasteiger partial charge in [0.2, 0.25) is 0 Å². The normalized spacial score (nSPS) is 16.8. The molecular weight excluding hydrogens is 124 g/mol. The minimum absolute atomic E-state index is 0.120. The summed E-state index contributed by atoms with van der Waals surface area (Å²) in [6, 6.07) is 1.78. The molecule has 0 fully saturated rings. The average Bonchev–Trinajstić information content (AvgIpc) is 1.69. The molecule has 0 spiro atoms. The molecule has 0 aromatic rings. The highest BCUT2D eigenvalue weighted by Crippen LogP contribution is 1.98. The van der Waals surface area contributed by atoms with Crippen molar-refractivity contribution < 1.29 is 0 Å². The van der Waals surface area contributed by atoms with Crippen molar-refractivity contribution in [1.82, 2.24) is 5.32 Å². The summed E-state index contributed by atoms with van der Waals surface area (Å²) >= 11 is 5.56. The molecule has 0 heterocycles. The molecule has 0 saturated heterocycles. The molecule has 0 bridgehead atoms. The summed E-state index contributed by atoms with van der Waals surface area (Å²) in [6.07, 6.45) is 0. The van der Waals surface area contributed by atoms with Crippen LogP contribution in [-0.4, -0.2) is 18.5 Å². The number of hydrogen-bond acceptors (Lipinski definition) is 2. The van der Waals surface area contributed by atoms with Gasteiger partial charge in [0.1, 0.15) is 6.04 Å². The van der Waals surface area contributed by atoms with Crippen molar-refractivity contribution in [2.24, 2.45) is 0 Å². The van der Waals surface area contributed by atoms with Crippen molar-refractivity contribution in [3.8, 4) is 6.07 Å². The summed E-state index contributed by atoms with van der Waals surface area (Å²) < 4.78 is 0. The number of nitrogens with one attached hydrogen (secondary N) is 1. The van der Waals surface area contributed by atoms with Gasteiger partial charge in [0.25, 0.3) is 0 Å². The Morgan fingerprint density at radius 3 is 2.25 bits per heavy atom. The fourth-order valence-corrected chi connectivity index (χ4v) is 0.579. The minimum atomic E-state index is -0.225. The maximum atomic E-state index is 8.30. The van der Waals surface area contributed by atoms with Crippen molar-refractivity contribution >= 4 is 11.6 Å². The van der Waals surface area contributed by atoms with E-state index in [9.17, 15) is 0 Å². The Labute approximate surface area is 54.4 Å². The third kappa shape index (κ3) is 2.15. The van der Waals surface area contributed by atoms with Gasteiger partial charge in [0.05, 0.1) is 11.4 Å². The molecular formula is C5H9ClN2. The Balaban J connectivity index is 3.57. The first kappa shape index (κ1) is 7.74. The zero-order valence-corrected chi connectivity index (χ0v) is 5.74. The van der Waals surface area contributed by atoms with Crippen molar-refractivity contribution in [2.45, 2.75) is 18.3 Å². The van der Waals surface area contributed by atoms with Crippen LogP contribution in [0.1, 0.15) is 6.92 Å². The molecule has 0 radical (unpaired) electrons. The van der Waals surface area contributed by atoms with Crippen molar-refractivity contribution in [3.05, 3.63) is 0 Å². The Kier molecular flexibility index (Phi) is 3.59. The molecule has 0 aromatic carbocycles. The van der Waals surface area contributed by atoms with Crippen molar-refractivity contribution in [3.63, 3.8) is 0 Å². The fraction of sp³-hybridized carbons (Fsp3) is 0.800. The Bertz CT molecular complexity index is 95.1. The van der Waals surface area contributed by atoms with Gasteiger partial charge in [-0.05, 0) is 14.0 Å². The van der Waals surface area contributed by atoms with Crippen molar-refractivity contribution in [2.75, 3.05) is 7.05 Å². The molecule has 1 N–H and O–H groups in total. The zero-order chi connectivity index (χ0) is 6.57. The van der Waals surface area contributed by atoms with E-state index in [0.717, 1.165) is 0 Å². The Hall–Kier alpha value is -0.260. The number of nitriles is 1. The van der Waals surface area contributed by atoms with Gasteiger partial charge < -0.3 is 5.32 Å². The molecule has 0 aliphatic carbocycles. The highest BCUT2D eigenvalue weighted by atomic mass is 35.5. The van der Waals surface area contributed by atoms with Crippen LogP contribution in [0, 0.1) is 11.3 Å². The van der Waals surface area contributed by atoms with E-state index in [1.165, 1.54) is 0 Å². The Morgan fingerprint density at radius 1 is 1.75 bits per heavy atom. The predicted molar refractivity (Wildman–Crippen MR) is 33.8 cm³/mol. The maximum Gasteiger partial charge on any atom is 0.111 e. The topological polar surface area (TPSA) is 35.8 Å². The molecule has 0 aromatic heterocycles. The van der Waals surface area contributed by atoms with E-state index in [-0.39, 0.29) is 11.4 Å². The number of nitrogens with zero attached hydrogens (tertiary/aromatic N) is 1. The molecule has 0 amide bonds. The number of halogens is 1. The minimum Gasteiger partial charge on any atom is -0.304 e. The van der Waals surface area contributed by atoms with E-state index in [0.29, 0.717) is 0 Å². The van der Waals surface area contributed by atoms with Crippen LogP contribution < -0.4 is 5.32 Å². The lowest BCUT2D eigenvalue weighted by Crippen LogP contribution is -2.30. The van der Waals surface area contributed by atoms with Crippen LogP contribution in [0.4, 0.5) is 0 Å². The second kappa shape index (κ2) is 3.71. The SMILES string of the molecule is CNC(C#N)C(C)Cl. The smallest absolute Gasteiger partial charge is 0.111 e. The van der Waals surface area contributed by atoms with Crippen LogP contribution in [0.3, 0.4) is 0 Å². The third-order valence-corrected chi connectivity index (χ3v) is 1.16. The van der Waals surface area contributed by atoms with Crippen LogP contribution in [0.15, 0.2) is 0 Å². The average molecular weight is 133 g/mol. The van der Waals surface area contributed by atoms with Gasteiger partial charge in [0, 0.05) is 0 Å². The lowest BCUT2D eigenvalue weighted by Gasteiger charge is -2.07. The molecule has 2 nitrogen and oxygen atoms in total. The van der Waals surface area contributed by atoms with E-state index in [1.807, 2.05) is 6.07 Å². The molecule has 2 atom stereocenters. The van der Waals surface area contributed by atoms with Gasteiger partial charge in [-0.3, -0.25) is 0 Å². The maximum absolute atomic E-state index is 8.30. The molecule has 0 aliphatic rings. The molecule has 8 heavy (non-hydrogen) atoms. The molecule has 0 aliphatic heterocycles. The van der Waals surface area contributed by atoms with Crippen molar-refractivity contribution in [1.29, 1.82) is 5.26 Å². The predicted octanol–water partition coefficient (Wildman–Crippen LogP) is 0.725. The quantitative estimate of drug-likeness (QED) is 0.563. The molecule has 2 unspecified atom stereocenters. The summed E-state index contributed by atoms with van der Waals surface area (Å²) in [6.45, 7) is 1.78. The zero-order valence-electron chi connectivity index (χ0n) is 4.98. The first-order valence-electron chi connectivity index (χ1n) is 2.43. The highest BCUT2D eigenvalue weighted by molar-refractivity contribution is 6.21. The summed E-state index contributed by atoms with van der Waals surface area (Å²) in [4.78, 5) is 0. The van der Waals surface area contributed by atoms with Crippen LogP contribution in [-0.2, 0) is 0 Å². The molecule has 0 rings (SSSR count). The van der Waals surface area contributed by atoms with Gasteiger partial charge in [-0.1, -0.05) is 0 Å². The van der Waals surface area contributed by atoms with Crippen LogP contribution in [0.25, 0.3) is 0 Å². The van der Waals surface area contributed by atoms with Gasteiger partial charge in [0.15, 0.2) is 0 Å². The summed E-state index contributed by atoms with van der Waals surface area (Å²) in [7, 11) is 1.72. The van der Waals surface area contributed by atoms with Gasteiger partial charge in [-0.15, -0.1) is 11.6 Å². The number of rotatable bonds is 2. The van der Waals surface area contributed by atoms with Gasteiger partial charge in [-0.2, -0.15) is 5.26 Å². The Morgan fingerprint density at radius 2 is 2.25 bits per heavy atom. The number of alkyl halides is 1. The van der Waals surface area contributed by atoms with Crippen LogP contribution in [0.5, 0.6) is 0 Å². The second-order valence-electron chi connectivity index (χ2n) is 1.57. The third-order valence-electron chi connectivity index (χ3n) is 0.909. The first-order chi connectivity index (χ1) is 3.72. The van der Waals surface area contributed by atoms with E-state index in [2.05, 4.69) is 5.32 Å². The first-order valence-corrected chi connectivity index (χ1v) is 2.87. The van der Waals surface area contributed by atoms with E-state index >= 15 is 0 Å². The summed E-state index contributed by atoms with van der Waals surface area (Å²) in [5.74, 6) is 0. The lowest BCUT2D eigenvalue weighted by molar-refractivity contribution is 0.665.